The molecule has 0 spiro atoms. The molecule has 0 aliphatic carbocycles. The molecule has 6 aromatic carbocycles. The first-order chi connectivity index (χ1) is 21.6. The zero-order chi connectivity index (χ0) is 29.6. The van der Waals surface area contributed by atoms with Crippen molar-refractivity contribution in [2.45, 2.75) is 12.8 Å². The molecule has 2 heterocycles. The van der Waals surface area contributed by atoms with E-state index < -0.39 is 0 Å². The van der Waals surface area contributed by atoms with Crippen LogP contribution in [0.25, 0.3) is 42.1 Å². The van der Waals surface area contributed by atoms with Crippen LogP contribution in [0.1, 0.15) is 12.8 Å². The summed E-state index contributed by atoms with van der Waals surface area (Å²) in [5, 5.41) is 3.70. The van der Waals surface area contributed by atoms with Crippen LogP contribution in [0.5, 0.6) is 0 Å². The molecule has 1 aliphatic rings. The lowest BCUT2D eigenvalue weighted by atomic mass is 10.1. The lowest BCUT2D eigenvalue weighted by molar-refractivity contribution is 0.630. The highest BCUT2D eigenvalue weighted by Crippen LogP contribution is 2.42. The number of para-hydroxylation sites is 2. The monoisotopic (exact) mass is 592 g/mol. The van der Waals surface area contributed by atoms with E-state index in [1.165, 1.54) is 25.0 Å². The second kappa shape index (κ2) is 10.9. The van der Waals surface area contributed by atoms with Crippen molar-refractivity contribution < 1.29 is 4.39 Å². The topological polar surface area (TPSA) is 23.6 Å². The Labute approximate surface area is 259 Å². The van der Waals surface area contributed by atoms with Crippen molar-refractivity contribution in [3.05, 3.63) is 143 Å². The minimum absolute atomic E-state index is 0.0563. The molecule has 1 aromatic heterocycles. The van der Waals surface area contributed by atoms with Gasteiger partial charge in [0.15, 0.2) is 5.43 Å². The summed E-state index contributed by atoms with van der Waals surface area (Å²) in [5.74, 6) is -0.342. The minimum Gasteiger partial charge on any atom is -0.372 e. The second-order valence-electron chi connectivity index (χ2n) is 11.3. The van der Waals surface area contributed by atoms with E-state index in [2.05, 4.69) is 101 Å². The summed E-state index contributed by atoms with van der Waals surface area (Å²) >= 11 is 1.67. The van der Waals surface area contributed by atoms with E-state index in [0.29, 0.717) is 16.2 Å². The number of fused-ring (bicyclic) bond motifs is 5. The predicted octanol–water partition coefficient (Wildman–Crippen LogP) is 10.4. The quantitative estimate of drug-likeness (QED) is 0.199. The largest absolute Gasteiger partial charge is 0.372 e. The summed E-state index contributed by atoms with van der Waals surface area (Å²) < 4.78 is 15.7. The summed E-state index contributed by atoms with van der Waals surface area (Å²) in [7, 11) is 0. The lowest BCUT2D eigenvalue weighted by Crippen LogP contribution is -2.17. The molecule has 5 heteroatoms. The number of hydrogen-bond acceptors (Lipinski definition) is 4. The SMILES string of the molecule is O=c1c2ccc(F)cc2c2cc(-c3ccc(N(c4ccccc4)c4ccccc4)cc3)sc2c2cc(N3CCCC3)ccc12. The highest BCUT2D eigenvalue weighted by atomic mass is 32.1. The van der Waals surface area contributed by atoms with Gasteiger partial charge in [-0.15, -0.1) is 11.3 Å². The molecular formula is C39H29FN2OS. The number of halogens is 1. The van der Waals surface area contributed by atoms with Gasteiger partial charge in [-0.1, -0.05) is 48.5 Å². The predicted molar refractivity (Wildman–Crippen MR) is 185 cm³/mol. The molecule has 0 saturated carbocycles. The Morgan fingerprint density at radius 3 is 1.86 bits per heavy atom. The maximum absolute atomic E-state index is 14.7. The first-order valence-corrected chi connectivity index (χ1v) is 15.8. The van der Waals surface area contributed by atoms with Gasteiger partial charge in [0, 0.05) is 67.0 Å². The van der Waals surface area contributed by atoms with E-state index >= 15 is 0 Å². The van der Waals surface area contributed by atoms with E-state index in [-0.39, 0.29) is 11.2 Å². The number of rotatable bonds is 5. The van der Waals surface area contributed by atoms with Crippen molar-refractivity contribution in [2.24, 2.45) is 0 Å². The van der Waals surface area contributed by atoms with Crippen molar-refractivity contribution >= 4 is 65.7 Å². The fourth-order valence-electron chi connectivity index (χ4n) is 6.48. The summed E-state index contributed by atoms with van der Waals surface area (Å²) in [6, 6.07) is 42.2. The van der Waals surface area contributed by atoms with Gasteiger partial charge in [-0.3, -0.25) is 4.79 Å². The molecule has 0 N–H and O–H groups in total. The number of nitrogens with zero attached hydrogens (tertiary/aromatic N) is 2. The second-order valence-corrected chi connectivity index (χ2v) is 12.4. The third-order valence-electron chi connectivity index (χ3n) is 8.65. The molecule has 44 heavy (non-hydrogen) atoms. The summed E-state index contributed by atoms with van der Waals surface area (Å²) in [6.07, 6.45) is 2.36. The van der Waals surface area contributed by atoms with E-state index in [1.54, 1.807) is 17.4 Å². The highest BCUT2D eigenvalue weighted by molar-refractivity contribution is 7.23. The Balaban J connectivity index is 1.31. The molecule has 1 fully saturated rings. The van der Waals surface area contributed by atoms with E-state index in [9.17, 15) is 9.18 Å². The lowest BCUT2D eigenvalue weighted by Gasteiger charge is -2.25. The van der Waals surface area contributed by atoms with Crippen molar-refractivity contribution in [1.29, 1.82) is 0 Å². The van der Waals surface area contributed by atoms with Crippen molar-refractivity contribution in [1.82, 2.24) is 0 Å². The van der Waals surface area contributed by atoms with Gasteiger partial charge in [0.2, 0.25) is 0 Å². The highest BCUT2D eigenvalue weighted by Gasteiger charge is 2.18. The molecule has 214 valence electrons. The first kappa shape index (κ1) is 26.6. The standard InChI is InChI=1S/C39H29FN2OS/c40-27-15-19-32-34(23-27)36-25-37(44-39(36)35-24-31(41-21-7-8-22-41)18-20-33(35)38(32)43)26-13-16-30(17-14-26)42(28-9-3-1-4-10-28)29-11-5-2-6-12-29/h1-6,9-20,23-25H,7-8,21-22H2. The minimum atomic E-state index is -0.342. The zero-order valence-electron chi connectivity index (χ0n) is 24.0. The normalized spacial score (nSPS) is 13.2. The fourth-order valence-corrected chi connectivity index (χ4v) is 7.69. The molecule has 0 bridgehead atoms. The molecule has 1 saturated heterocycles. The number of thiophene rings is 1. The average Bonchev–Trinajstić information content (AvgIpc) is 3.76. The zero-order valence-corrected chi connectivity index (χ0v) is 24.9. The molecule has 7 aromatic rings. The van der Waals surface area contributed by atoms with Gasteiger partial charge >= 0.3 is 0 Å². The molecule has 0 atom stereocenters. The summed E-state index contributed by atoms with van der Waals surface area (Å²) in [5.41, 5.74) is 5.39. The van der Waals surface area contributed by atoms with Crippen LogP contribution in [0.4, 0.5) is 27.1 Å². The van der Waals surface area contributed by atoms with Crippen LogP contribution in [0.3, 0.4) is 0 Å². The van der Waals surface area contributed by atoms with E-state index in [4.69, 9.17) is 0 Å². The van der Waals surface area contributed by atoms with Crippen LogP contribution in [0.15, 0.2) is 132 Å². The number of hydrogen-bond donors (Lipinski definition) is 0. The van der Waals surface area contributed by atoms with Crippen LogP contribution in [-0.2, 0) is 0 Å². The first-order valence-electron chi connectivity index (χ1n) is 15.0. The van der Waals surface area contributed by atoms with Crippen molar-refractivity contribution in [2.75, 3.05) is 22.9 Å². The Morgan fingerprint density at radius 1 is 0.591 bits per heavy atom. The molecule has 3 nitrogen and oxygen atoms in total. The molecule has 8 rings (SSSR count). The van der Waals surface area contributed by atoms with Gasteiger partial charge < -0.3 is 9.80 Å². The van der Waals surface area contributed by atoms with Crippen LogP contribution in [-0.4, -0.2) is 13.1 Å². The van der Waals surface area contributed by atoms with Crippen LogP contribution in [0, 0.1) is 5.82 Å². The van der Waals surface area contributed by atoms with Crippen molar-refractivity contribution in [3.63, 3.8) is 0 Å². The number of anilines is 4. The van der Waals surface area contributed by atoms with Gasteiger partial charge in [0.1, 0.15) is 5.82 Å². The fraction of sp³-hybridized carbons (Fsp3) is 0.103. The van der Waals surface area contributed by atoms with E-state index in [0.717, 1.165) is 61.8 Å². The average molecular weight is 593 g/mol. The third kappa shape index (κ3) is 4.61. The van der Waals surface area contributed by atoms with Gasteiger partial charge in [0.05, 0.1) is 0 Å². The van der Waals surface area contributed by atoms with Gasteiger partial charge in [0.25, 0.3) is 0 Å². The summed E-state index contributed by atoms with van der Waals surface area (Å²) in [4.78, 5) is 19.5. The van der Waals surface area contributed by atoms with Crippen LogP contribution >= 0.6 is 11.3 Å². The molecular weight excluding hydrogens is 564 g/mol. The molecule has 0 unspecified atom stereocenters. The Morgan fingerprint density at radius 2 is 1.18 bits per heavy atom. The maximum Gasteiger partial charge on any atom is 0.194 e. The van der Waals surface area contributed by atoms with Crippen molar-refractivity contribution in [3.8, 4) is 10.4 Å². The molecule has 0 amide bonds. The van der Waals surface area contributed by atoms with Gasteiger partial charge in [-0.05, 0) is 103 Å². The van der Waals surface area contributed by atoms with Gasteiger partial charge in [-0.2, -0.15) is 0 Å². The number of benzene rings is 5. The van der Waals surface area contributed by atoms with Crippen LogP contribution < -0.4 is 15.2 Å². The van der Waals surface area contributed by atoms with Gasteiger partial charge in [-0.25, -0.2) is 4.39 Å². The Bertz CT molecular complexity index is 2170. The molecule has 1 aliphatic heterocycles. The Kier molecular flexibility index (Phi) is 6.61. The maximum atomic E-state index is 14.7. The summed E-state index contributed by atoms with van der Waals surface area (Å²) in [6.45, 7) is 2.05. The molecule has 0 radical (unpaired) electrons. The Hall–Kier alpha value is -5.00. The smallest absolute Gasteiger partial charge is 0.194 e. The van der Waals surface area contributed by atoms with E-state index in [1.807, 2.05) is 18.2 Å². The van der Waals surface area contributed by atoms with Crippen LogP contribution in [0.2, 0.25) is 0 Å². The third-order valence-corrected chi connectivity index (χ3v) is 9.87.